The molecule has 0 aliphatic carbocycles. The van der Waals surface area contributed by atoms with Gasteiger partial charge in [0.05, 0.1) is 28.6 Å². The largest absolute Gasteiger partial charge is 0.378 e. The van der Waals surface area contributed by atoms with Gasteiger partial charge in [-0.2, -0.15) is 0 Å². The summed E-state index contributed by atoms with van der Waals surface area (Å²) >= 11 is 7.53. The lowest BCUT2D eigenvalue weighted by Crippen LogP contribution is -2.12. The summed E-state index contributed by atoms with van der Waals surface area (Å²) in [7, 11) is 3.94. The third-order valence-corrected chi connectivity index (χ3v) is 3.16. The first kappa shape index (κ1) is 12.1. The lowest BCUT2D eigenvalue weighted by atomic mass is 10.2. The predicted octanol–water partition coefficient (Wildman–Crippen LogP) is 2.87. The summed E-state index contributed by atoms with van der Waals surface area (Å²) in [5, 5.41) is 9.96. The van der Waals surface area contributed by atoms with Crippen LogP contribution >= 0.6 is 23.1 Å². The van der Waals surface area contributed by atoms with E-state index in [0.29, 0.717) is 6.54 Å². The Morgan fingerprint density at radius 3 is 2.88 bits per heavy atom. The Balaban J connectivity index is 2.18. The highest BCUT2D eigenvalue weighted by Crippen LogP contribution is 2.32. The zero-order valence-corrected chi connectivity index (χ0v) is 11.2. The second-order valence-electron chi connectivity index (χ2n) is 3.78. The van der Waals surface area contributed by atoms with E-state index in [0.717, 1.165) is 22.1 Å². The average molecular weight is 269 g/mol. The Morgan fingerprint density at radius 2 is 2.24 bits per heavy atom. The maximum Gasteiger partial charge on any atom is 0.0946 e. The number of nitrogens with zero attached hydrogens (tertiary/aromatic N) is 3. The Labute approximate surface area is 109 Å². The van der Waals surface area contributed by atoms with Crippen LogP contribution in [0.2, 0.25) is 5.02 Å². The molecule has 0 amide bonds. The van der Waals surface area contributed by atoms with Crippen molar-refractivity contribution in [3.05, 3.63) is 34.3 Å². The van der Waals surface area contributed by atoms with E-state index in [1.54, 1.807) is 0 Å². The quantitative estimate of drug-likeness (QED) is 0.926. The number of anilines is 2. The number of hydrogen-bond donors (Lipinski definition) is 1. The van der Waals surface area contributed by atoms with Crippen molar-refractivity contribution in [2.75, 3.05) is 24.3 Å². The van der Waals surface area contributed by atoms with Crippen LogP contribution in [-0.4, -0.2) is 23.7 Å². The van der Waals surface area contributed by atoms with Crippen molar-refractivity contribution in [3.8, 4) is 0 Å². The first-order valence-electron chi connectivity index (χ1n) is 5.14. The van der Waals surface area contributed by atoms with Gasteiger partial charge in [0.2, 0.25) is 0 Å². The van der Waals surface area contributed by atoms with E-state index >= 15 is 0 Å². The monoisotopic (exact) mass is 268 g/mol. The van der Waals surface area contributed by atoms with Gasteiger partial charge in [-0.25, -0.2) is 0 Å². The standard InChI is InChI=1S/C11H13ClN4S/c1-16(2)11-9(12)4-3-5-10(11)13-6-8-7-17-15-14-8/h3-5,7,13H,6H2,1-2H3. The molecule has 0 saturated heterocycles. The van der Waals surface area contributed by atoms with Crippen molar-refractivity contribution in [2.24, 2.45) is 0 Å². The van der Waals surface area contributed by atoms with Gasteiger partial charge in [-0.05, 0) is 23.7 Å². The molecule has 0 atom stereocenters. The minimum absolute atomic E-state index is 0.650. The zero-order valence-electron chi connectivity index (χ0n) is 9.64. The summed E-state index contributed by atoms with van der Waals surface area (Å²) in [6, 6.07) is 5.81. The number of hydrogen-bond acceptors (Lipinski definition) is 5. The highest BCUT2D eigenvalue weighted by atomic mass is 35.5. The van der Waals surface area contributed by atoms with Crippen LogP contribution in [0.3, 0.4) is 0 Å². The molecule has 0 unspecified atom stereocenters. The van der Waals surface area contributed by atoms with Gasteiger partial charge in [0.1, 0.15) is 0 Å². The summed E-state index contributed by atoms with van der Waals surface area (Å²) in [5.74, 6) is 0. The van der Waals surface area contributed by atoms with Gasteiger partial charge in [-0.3, -0.25) is 0 Å². The van der Waals surface area contributed by atoms with Gasteiger partial charge < -0.3 is 10.2 Å². The Morgan fingerprint density at radius 1 is 1.41 bits per heavy atom. The van der Waals surface area contributed by atoms with Crippen LogP contribution in [0.5, 0.6) is 0 Å². The summed E-state index contributed by atoms with van der Waals surface area (Å²) in [5.41, 5.74) is 2.91. The molecule has 90 valence electrons. The van der Waals surface area contributed by atoms with Crippen LogP contribution < -0.4 is 10.2 Å². The first-order chi connectivity index (χ1) is 8.18. The number of benzene rings is 1. The summed E-state index contributed by atoms with van der Waals surface area (Å²) in [6.07, 6.45) is 0. The zero-order chi connectivity index (χ0) is 12.3. The minimum Gasteiger partial charge on any atom is -0.378 e. The molecule has 0 radical (unpaired) electrons. The van der Waals surface area contributed by atoms with Crippen molar-refractivity contribution < 1.29 is 0 Å². The molecule has 4 nitrogen and oxygen atoms in total. The Kier molecular flexibility index (Phi) is 3.81. The van der Waals surface area contributed by atoms with E-state index in [2.05, 4.69) is 14.9 Å². The van der Waals surface area contributed by atoms with Crippen LogP contribution in [-0.2, 0) is 6.54 Å². The molecule has 17 heavy (non-hydrogen) atoms. The molecule has 0 aliphatic rings. The number of rotatable bonds is 4. The molecule has 6 heteroatoms. The second kappa shape index (κ2) is 5.33. The number of nitrogens with one attached hydrogen (secondary N) is 1. The molecule has 2 rings (SSSR count). The van der Waals surface area contributed by atoms with Crippen molar-refractivity contribution in [1.82, 2.24) is 9.59 Å². The van der Waals surface area contributed by atoms with Crippen molar-refractivity contribution in [3.63, 3.8) is 0 Å². The lowest BCUT2D eigenvalue weighted by Gasteiger charge is -2.19. The third kappa shape index (κ3) is 2.87. The molecule has 0 spiro atoms. The van der Waals surface area contributed by atoms with E-state index in [1.807, 2.05) is 42.6 Å². The molecule has 1 heterocycles. The fourth-order valence-corrected chi connectivity index (χ4v) is 2.35. The summed E-state index contributed by atoms with van der Waals surface area (Å²) in [4.78, 5) is 1.99. The van der Waals surface area contributed by atoms with Gasteiger partial charge in [-0.1, -0.05) is 22.2 Å². The SMILES string of the molecule is CN(C)c1c(Cl)cccc1NCc1csnn1. The fourth-order valence-electron chi connectivity index (χ4n) is 1.56. The molecule has 2 aromatic rings. The smallest absolute Gasteiger partial charge is 0.0946 e. The average Bonchev–Trinajstić information content (AvgIpc) is 2.78. The number of aromatic nitrogens is 2. The third-order valence-electron chi connectivity index (χ3n) is 2.30. The van der Waals surface area contributed by atoms with Gasteiger partial charge in [0.25, 0.3) is 0 Å². The van der Waals surface area contributed by atoms with Crippen LogP contribution in [0.15, 0.2) is 23.6 Å². The summed E-state index contributed by atoms with van der Waals surface area (Å²) < 4.78 is 3.82. The Bertz CT molecular complexity index is 484. The van der Waals surface area contributed by atoms with Crippen LogP contribution in [0, 0.1) is 0 Å². The first-order valence-corrected chi connectivity index (χ1v) is 6.35. The van der Waals surface area contributed by atoms with Gasteiger partial charge in [-0.15, -0.1) is 5.10 Å². The van der Waals surface area contributed by atoms with Crippen molar-refractivity contribution in [2.45, 2.75) is 6.54 Å². The maximum absolute atomic E-state index is 6.18. The minimum atomic E-state index is 0.650. The number of halogens is 1. The maximum atomic E-state index is 6.18. The van der Waals surface area contributed by atoms with Crippen molar-refractivity contribution >= 4 is 34.5 Å². The van der Waals surface area contributed by atoms with Crippen LogP contribution in [0.1, 0.15) is 5.69 Å². The molecule has 0 saturated carbocycles. The lowest BCUT2D eigenvalue weighted by molar-refractivity contribution is 0.995. The normalized spacial score (nSPS) is 10.3. The second-order valence-corrected chi connectivity index (χ2v) is 4.80. The van der Waals surface area contributed by atoms with E-state index in [-0.39, 0.29) is 0 Å². The van der Waals surface area contributed by atoms with Gasteiger partial charge in [0, 0.05) is 19.5 Å². The molecular formula is C11H13ClN4S. The van der Waals surface area contributed by atoms with E-state index in [1.165, 1.54) is 11.5 Å². The fraction of sp³-hybridized carbons (Fsp3) is 0.273. The highest BCUT2D eigenvalue weighted by molar-refractivity contribution is 7.03. The van der Waals surface area contributed by atoms with E-state index < -0.39 is 0 Å². The number of para-hydroxylation sites is 1. The molecule has 1 N–H and O–H groups in total. The van der Waals surface area contributed by atoms with Gasteiger partial charge in [0.15, 0.2) is 0 Å². The molecule has 1 aromatic carbocycles. The van der Waals surface area contributed by atoms with E-state index in [9.17, 15) is 0 Å². The summed E-state index contributed by atoms with van der Waals surface area (Å²) in [6.45, 7) is 0.650. The highest BCUT2D eigenvalue weighted by Gasteiger charge is 2.08. The van der Waals surface area contributed by atoms with Gasteiger partial charge >= 0.3 is 0 Å². The Hall–Kier alpha value is -1.33. The molecule has 0 fully saturated rings. The van der Waals surface area contributed by atoms with Crippen LogP contribution in [0.4, 0.5) is 11.4 Å². The molecule has 1 aromatic heterocycles. The molecule has 0 aliphatic heterocycles. The topological polar surface area (TPSA) is 41.0 Å². The molecule has 0 bridgehead atoms. The van der Waals surface area contributed by atoms with Crippen LogP contribution in [0.25, 0.3) is 0 Å². The molecular weight excluding hydrogens is 256 g/mol. The predicted molar refractivity (Wildman–Crippen MR) is 73.0 cm³/mol. The van der Waals surface area contributed by atoms with Crippen molar-refractivity contribution in [1.29, 1.82) is 0 Å². The van der Waals surface area contributed by atoms with E-state index in [4.69, 9.17) is 11.6 Å².